The molecule has 0 saturated carbocycles. The Kier molecular flexibility index (Phi) is 4.97. The number of hydrogen-bond acceptors (Lipinski definition) is 4. The fraction of sp³-hybridized carbons (Fsp3) is 0.316. The molecule has 0 aliphatic heterocycles. The van der Waals surface area contributed by atoms with Crippen LogP contribution in [0.5, 0.6) is 5.88 Å². The second-order valence-electron chi connectivity index (χ2n) is 5.70. The van der Waals surface area contributed by atoms with E-state index >= 15 is 0 Å². The van der Waals surface area contributed by atoms with Gasteiger partial charge in [-0.15, -0.1) is 0 Å². The third kappa shape index (κ3) is 3.33. The van der Waals surface area contributed by atoms with Crippen molar-refractivity contribution in [2.24, 2.45) is 0 Å². The summed E-state index contributed by atoms with van der Waals surface area (Å²) in [4.78, 5) is 23.5. The van der Waals surface area contributed by atoms with Crippen molar-refractivity contribution in [2.45, 2.75) is 20.4 Å². The smallest absolute Gasteiger partial charge is 0.289 e. The molecule has 1 aromatic carbocycles. The zero-order valence-corrected chi connectivity index (χ0v) is 14.8. The largest absolute Gasteiger partial charge is 0.481 e. The van der Waals surface area contributed by atoms with Crippen LogP contribution in [0.1, 0.15) is 30.0 Å². The number of hydrogen-bond donors (Lipinski definition) is 0. The van der Waals surface area contributed by atoms with E-state index in [1.807, 2.05) is 54.8 Å². The van der Waals surface area contributed by atoms with Crippen molar-refractivity contribution in [3.8, 4) is 5.88 Å². The van der Waals surface area contributed by atoms with Crippen LogP contribution in [0.4, 0.5) is 0 Å². The van der Waals surface area contributed by atoms with E-state index in [2.05, 4.69) is 9.97 Å². The third-order valence-electron chi connectivity index (χ3n) is 4.24. The highest BCUT2D eigenvalue weighted by molar-refractivity contribution is 5.95. The summed E-state index contributed by atoms with van der Waals surface area (Å²) in [7, 11) is 1.59. The molecule has 0 fully saturated rings. The maximum Gasteiger partial charge on any atom is 0.289 e. The summed E-state index contributed by atoms with van der Waals surface area (Å²) >= 11 is 0. The van der Waals surface area contributed by atoms with Crippen LogP contribution in [0.25, 0.3) is 11.0 Å². The van der Waals surface area contributed by atoms with E-state index in [1.165, 1.54) is 0 Å². The standard InChI is InChI=1S/C19H22N4O2/c1-4-22(5-2)19(24)18-21-15-8-6-7-9-16(15)23(18)13-14-10-11-17(25-3)20-12-14/h6-12H,4-5,13H2,1-3H3. The molecule has 1 amide bonds. The van der Waals surface area contributed by atoms with E-state index in [-0.39, 0.29) is 5.91 Å². The van der Waals surface area contributed by atoms with Gasteiger partial charge < -0.3 is 14.2 Å². The van der Waals surface area contributed by atoms with Crippen molar-refractivity contribution >= 4 is 16.9 Å². The number of carbonyl (C=O) groups is 1. The number of imidazole rings is 1. The lowest BCUT2D eigenvalue weighted by molar-refractivity contribution is 0.0757. The quantitative estimate of drug-likeness (QED) is 0.693. The Hall–Kier alpha value is -2.89. The lowest BCUT2D eigenvalue weighted by Crippen LogP contribution is -2.32. The monoisotopic (exact) mass is 338 g/mol. The van der Waals surface area contributed by atoms with Gasteiger partial charge in [0.15, 0.2) is 0 Å². The van der Waals surface area contributed by atoms with Gasteiger partial charge in [-0.2, -0.15) is 0 Å². The van der Waals surface area contributed by atoms with Gasteiger partial charge in [-0.05, 0) is 31.5 Å². The lowest BCUT2D eigenvalue weighted by Gasteiger charge is -2.19. The molecule has 2 aromatic heterocycles. The Morgan fingerprint density at radius 2 is 1.92 bits per heavy atom. The molecule has 0 spiro atoms. The van der Waals surface area contributed by atoms with Crippen LogP contribution in [-0.2, 0) is 6.54 Å². The third-order valence-corrected chi connectivity index (χ3v) is 4.24. The zero-order valence-electron chi connectivity index (χ0n) is 14.8. The van der Waals surface area contributed by atoms with Crippen LogP contribution in [0.3, 0.4) is 0 Å². The van der Waals surface area contributed by atoms with Crippen molar-refractivity contribution in [1.82, 2.24) is 19.4 Å². The molecule has 3 rings (SSSR count). The molecule has 6 heteroatoms. The number of carbonyl (C=O) groups excluding carboxylic acids is 1. The molecule has 0 aliphatic rings. The number of pyridine rings is 1. The first-order valence-electron chi connectivity index (χ1n) is 8.41. The Balaban J connectivity index is 2.04. The molecule has 0 saturated heterocycles. The summed E-state index contributed by atoms with van der Waals surface area (Å²) in [5.41, 5.74) is 2.74. The number of rotatable bonds is 6. The minimum atomic E-state index is -0.0531. The number of ether oxygens (including phenoxy) is 1. The number of methoxy groups -OCH3 is 1. The molecule has 130 valence electrons. The topological polar surface area (TPSA) is 60.2 Å². The Morgan fingerprint density at radius 1 is 1.16 bits per heavy atom. The van der Waals surface area contributed by atoms with Crippen molar-refractivity contribution in [2.75, 3.05) is 20.2 Å². The minimum absolute atomic E-state index is 0.0531. The van der Waals surface area contributed by atoms with Gasteiger partial charge >= 0.3 is 0 Å². The molecule has 25 heavy (non-hydrogen) atoms. The molecule has 0 unspecified atom stereocenters. The van der Waals surface area contributed by atoms with E-state index in [0.29, 0.717) is 31.3 Å². The molecule has 0 N–H and O–H groups in total. The Bertz CT molecular complexity index is 867. The summed E-state index contributed by atoms with van der Waals surface area (Å²) in [5, 5.41) is 0. The number of aromatic nitrogens is 3. The molecule has 0 radical (unpaired) electrons. The first-order valence-corrected chi connectivity index (χ1v) is 8.41. The van der Waals surface area contributed by atoms with Crippen molar-refractivity contribution in [1.29, 1.82) is 0 Å². The zero-order chi connectivity index (χ0) is 17.8. The average molecular weight is 338 g/mol. The second-order valence-corrected chi connectivity index (χ2v) is 5.70. The molecule has 2 heterocycles. The maximum atomic E-state index is 12.9. The van der Waals surface area contributed by atoms with E-state index in [1.54, 1.807) is 18.2 Å². The van der Waals surface area contributed by atoms with Gasteiger partial charge in [-0.25, -0.2) is 9.97 Å². The van der Waals surface area contributed by atoms with Gasteiger partial charge in [-0.1, -0.05) is 18.2 Å². The fourth-order valence-electron chi connectivity index (χ4n) is 2.86. The highest BCUT2D eigenvalue weighted by Crippen LogP contribution is 2.19. The number of nitrogens with zero attached hydrogens (tertiary/aromatic N) is 4. The van der Waals surface area contributed by atoms with Crippen LogP contribution in [0.2, 0.25) is 0 Å². The summed E-state index contributed by atoms with van der Waals surface area (Å²) in [5.74, 6) is 0.974. The normalized spacial score (nSPS) is 10.8. The molecule has 0 bridgehead atoms. The van der Waals surface area contributed by atoms with Gasteiger partial charge in [0.1, 0.15) is 0 Å². The Labute approximate surface area is 147 Å². The summed E-state index contributed by atoms with van der Waals surface area (Å²) in [6.07, 6.45) is 1.76. The summed E-state index contributed by atoms with van der Waals surface area (Å²) in [6, 6.07) is 11.6. The first kappa shape index (κ1) is 17.0. The number of para-hydroxylation sites is 2. The molecular formula is C19H22N4O2. The first-order chi connectivity index (χ1) is 12.2. The predicted molar refractivity (Wildman–Crippen MR) is 96.9 cm³/mol. The van der Waals surface area contributed by atoms with E-state index in [0.717, 1.165) is 16.6 Å². The number of amides is 1. The second kappa shape index (κ2) is 7.34. The van der Waals surface area contributed by atoms with Crippen molar-refractivity contribution in [3.05, 3.63) is 54.0 Å². The highest BCUT2D eigenvalue weighted by atomic mass is 16.5. The van der Waals surface area contributed by atoms with Gasteiger partial charge in [0.05, 0.1) is 24.7 Å². The number of benzene rings is 1. The van der Waals surface area contributed by atoms with Gasteiger partial charge in [-0.3, -0.25) is 4.79 Å². The van der Waals surface area contributed by atoms with Crippen LogP contribution >= 0.6 is 0 Å². The van der Waals surface area contributed by atoms with Crippen LogP contribution in [0, 0.1) is 0 Å². The molecule has 3 aromatic rings. The van der Waals surface area contributed by atoms with Crippen molar-refractivity contribution in [3.63, 3.8) is 0 Å². The SMILES string of the molecule is CCN(CC)C(=O)c1nc2ccccc2n1Cc1ccc(OC)nc1. The lowest BCUT2D eigenvalue weighted by atomic mass is 10.2. The van der Waals surface area contributed by atoms with Crippen LogP contribution in [-0.4, -0.2) is 45.5 Å². The van der Waals surface area contributed by atoms with Crippen LogP contribution < -0.4 is 4.74 Å². The number of fused-ring (bicyclic) bond motifs is 1. The minimum Gasteiger partial charge on any atom is -0.481 e. The predicted octanol–water partition coefficient (Wildman–Crippen LogP) is 2.97. The van der Waals surface area contributed by atoms with E-state index in [4.69, 9.17) is 4.74 Å². The maximum absolute atomic E-state index is 12.9. The van der Waals surface area contributed by atoms with E-state index < -0.39 is 0 Å². The van der Waals surface area contributed by atoms with Crippen molar-refractivity contribution < 1.29 is 9.53 Å². The molecule has 0 atom stereocenters. The fourth-order valence-corrected chi connectivity index (χ4v) is 2.86. The molecular weight excluding hydrogens is 316 g/mol. The average Bonchev–Trinajstić information content (AvgIpc) is 3.02. The highest BCUT2D eigenvalue weighted by Gasteiger charge is 2.21. The molecule has 6 nitrogen and oxygen atoms in total. The van der Waals surface area contributed by atoms with Gasteiger partial charge in [0.2, 0.25) is 11.7 Å². The summed E-state index contributed by atoms with van der Waals surface area (Å²) in [6.45, 7) is 5.79. The van der Waals surface area contributed by atoms with Gasteiger partial charge in [0.25, 0.3) is 5.91 Å². The Morgan fingerprint density at radius 3 is 2.56 bits per heavy atom. The molecule has 0 aliphatic carbocycles. The summed E-state index contributed by atoms with van der Waals surface area (Å²) < 4.78 is 7.06. The van der Waals surface area contributed by atoms with Crippen LogP contribution in [0.15, 0.2) is 42.6 Å². The van der Waals surface area contributed by atoms with Gasteiger partial charge in [0, 0.05) is 25.4 Å². The van der Waals surface area contributed by atoms with E-state index in [9.17, 15) is 4.79 Å².